The molecular weight excluding hydrogens is 220 g/mol. The summed E-state index contributed by atoms with van der Waals surface area (Å²) in [5, 5.41) is 5.61. The second-order valence-electron chi connectivity index (χ2n) is 4.06. The first-order valence-corrected chi connectivity index (χ1v) is 6.86. The highest BCUT2D eigenvalue weighted by Crippen LogP contribution is 2.07. The minimum absolute atomic E-state index is 0.894. The largest absolute Gasteiger partial charge is 0.380 e. The molecule has 1 aliphatic heterocycles. The fourth-order valence-electron chi connectivity index (χ4n) is 1.88. The molecule has 1 aromatic heterocycles. The van der Waals surface area contributed by atoms with Gasteiger partial charge in [0.15, 0.2) is 0 Å². The zero-order chi connectivity index (χ0) is 11.1. The molecule has 3 nitrogen and oxygen atoms in total. The summed E-state index contributed by atoms with van der Waals surface area (Å²) in [6, 6.07) is 4.28. The molecule has 4 heteroatoms. The molecule has 1 aromatic rings. The molecule has 1 fully saturated rings. The van der Waals surface area contributed by atoms with Crippen LogP contribution in [0.2, 0.25) is 0 Å². The lowest BCUT2D eigenvalue weighted by molar-refractivity contribution is 0.141. The van der Waals surface area contributed by atoms with Crippen molar-refractivity contribution in [1.29, 1.82) is 0 Å². The van der Waals surface area contributed by atoms with Gasteiger partial charge in [0.05, 0.1) is 6.61 Å². The third kappa shape index (κ3) is 4.22. The Hall–Kier alpha value is -0.420. The first kappa shape index (κ1) is 12.0. The Bertz CT molecular complexity index is 269. The van der Waals surface area contributed by atoms with Crippen LogP contribution in [-0.2, 0) is 11.3 Å². The standard InChI is InChI=1S/C12H20N2OS/c1-3-12(16-10-1)11-13-4-6-14-5-2-8-15-9-7-14/h1,3,10,13H,2,4-9,11H2. The molecule has 2 rings (SSSR count). The number of thiophene rings is 1. The number of hydrogen-bond acceptors (Lipinski definition) is 4. The molecule has 1 N–H and O–H groups in total. The van der Waals surface area contributed by atoms with Gasteiger partial charge in [-0.2, -0.15) is 0 Å². The highest BCUT2D eigenvalue weighted by atomic mass is 32.1. The number of ether oxygens (including phenoxy) is 1. The van der Waals surface area contributed by atoms with Crippen LogP contribution in [0.3, 0.4) is 0 Å². The van der Waals surface area contributed by atoms with E-state index in [-0.39, 0.29) is 0 Å². The summed E-state index contributed by atoms with van der Waals surface area (Å²) >= 11 is 1.82. The van der Waals surface area contributed by atoms with Crippen LogP contribution in [0, 0.1) is 0 Å². The minimum Gasteiger partial charge on any atom is -0.380 e. The number of nitrogens with one attached hydrogen (secondary N) is 1. The Morgan fingerprint density at radius 2 is 2.38 bits per heavy atom. The third-order valence-electron chi connectivity index (χ3n) is 2.80. The predicted molar refractivity (Wildman–Crippen MR) is 67.9 cm³/mol. The van der Waals surface area contributed by atoms with Gasteiger partial charge in [0.2, 0.25) is 0 Å². The molecule has 0 bridgehead atoms. The third-order valence-corrected chi connectivity index (χ3v) is 3.68. The molecule has 16 heavy (non-hydrogen) atoms. The van der Waals surface area contributed by atoms with E-state index in [2.05, 4.69) is 27.7 Å². The molecule has 0 saturated carbocycles. The van der Waals surface area contributed by atoms with Gasteiger partial charge in [-0.15, -0.1) is 11.3 Å². The Balaban J connectivity index is 1.56. The van der Waals surface area contributed by atoms with Crippen molar-refractivity contribution in [2.45, 2.75) is 13.0 Å². The highest BCUT2D eigenvalue weighted by molar-refractivity contribution is 7.09. The van der Waals surface area contributed by atoms with Crippen LogP contribution in [0.4, 0.5) is 0 Å². The molecular formula is C12H20N2OS. The van der Waals surface area contributed by atoms with E-state index < -0.39 is 0 Å². The topological polar surface area (TPSA) is 24.5 Å². The van der Waals surface area contributed by atoms with Crippen molar-refractivity contribution in [3.05, 3.63) is 22.4 Å². The second-order valence-corrected chi connectivity index (χ2v) is 5.10. The molecule has 1 saturated heterocycles. The van der Waals surface area contributed by atoms with Gasteiger partial charge < -0.3 is 10.1 Å². The summed E-state index contributed by atoms with van der Waals surface area (Å²) in [7, 11) is 0. The molecule has 90 valence electrons. The zero-order valence-corrected chi connectivity index (χ0v) is 10.5. The molecule has 2 heterocycles. The van der Waals surface area contributed by atoms with Crippen molar-refractivity contribution >= 4 is 11.3 Å². The maximum atomic E-state index is 5.43. The molecule has 0 aliphatic carbocycles. The summed E-state index contributed by atoms with van der Waals surface area (Å²) < 4.78 is 5.43. The summed E-state index contributed by atoms with van der Waals surface area (Å²) in [6.07, 6.45) is 1.17. The molecule has 0 unspecified atom stereocenters. The van der Waals surface area contributed by atoms with Gasteiger partial charge in [-0.3, -0.25) is 4.90 Å². The van der Waals surface area contributed by atoms with Crippen LogP contribution < -0.4 is 5.32 Å². The maximum Gasteiger partial charge on any atom is 0.0593 e. The van der Waals surface area contributed by atoms with E-state index in [4.69, 9.17) is 4.74 Å². The van der Waals surface area contributed by atoms with E-state index in [9.17, 15) is 0 Å². The average molecular weight is 240 g/mol. The van der Waals surface area contributed by atoms with Gasteiger partial charge in [-0.05, 0) is 17.9 Å². The lowest BCUT2D eigenvalue weighted by Crippen LogP contribution is -2.33. The van der Waals surface area contributed by atoms with Crippen molar-refractivity contribution in [1.82, 2.24) is 10.2 Å². The van der Waals surface area contributed by atoms with Gasteiger partial charge in [0.25, 0.3) is 0 Å². The number of nitrogens with zero attached hydrogens (tertiary/aromatic N) is 1. The smallest absolute Gasteiger partial charge is 0.0593 e. The quantitative estimate of drug-likeness (QED) is 0.791. The van der Waals surface area contributed by atoms with Gasteiger partial charge >= 0.3 is 0 Å². The van der Waals surface area contributed by atoms with E-state index in [0.717, 1.165) is 39.4 Å². The fourth-order valence-corrected chi connectivity index (χ4v) is 2.56. The maximum absolute atomic E-state index is 5.43. The summed E-state index contributed by atoms with van der Waals surface area (Å²) in [5.74, 6) is 0. The molecule has 0 aromatic carbocycles. The van der Waals surface area contributed by atoms with E-state index in [0.29, 0.717) is 0 Å². The van der Waals surface area contributed by atoms with Crippen molar-refractivity contribution < 1.29 is 4.74 Å². The van der Waals surface area contributed by atoms with E-state index in [1.807, 2.05) is 11.3 Å². The Morgan fingerprint density at radius 3 is 3.25 bits per heavy atom. The summed E-state index contributed by atoms with van der Waals surface area (Å²) in [6.45, 7) is 7.29. The monoisotopic (exact) mass is 240 g/mol. The van der Waals surface area contributed by atoms with Crippen LogP contribution in [0.15, 0.2) is 17.5 Å². The van der Waals surface area contributed by atoms with Crippen LogP contribution in [0.5, 0.6) is 0 Å². The molecule has 0 amide bonds. The Kier molecular flexibility index (Phi) is 5.28. The molecule has 0 spiro atoms. The van der Waals surface area contributed by atoms with Gasteiger partial charge in [0, 0.05) is 44.2 Å². The fraction of sp³-hybridized carbons (Fsp3) is 0.667. The zero-order valence-electron chi connectivity index (χ0n) is 9.65. The summed E-state index contributed by atoms with van der Waals surface area (Å²) in [5.41, 5.74) is 0. The van der Waals surface area contributed by atoms with Gasteiger partial charge in [-0.1, -0.05) is 6.07 Å². The highest BCUT2D eigenvalue weighted by Gasteiger charge is 2.07. The number of hydrogen-bond donors (Lipinski definition) is 1. The Labute approximate surface area is 101 Å². The average Bonchev–Trinajstić information content (AvgIpc) is 2.68. The lowest BCUT2D eigenvalue weighted by Gasteiger charge is -2.18. The van der Waals surface area contributed by atoms with E-state index >= 15 is 0 Å². The SMILES string of the molecule is c1csc(CNCCN2CCCOCC2)c1. The van der Waals surface area contributed by atoms with Crippen LogP contribution in [0.1, 0.15) is 11.3 Å². The molecule has 0 atom stereocenters. The molecule has 1 aliphatic rings. The van der Waals surface area contributed by atoms with Crippen molar-refractivity contribution in [2.24, 2.45) is 0 Å². The Morgan fingerprint density at radius 1 is 1.38 bits per heavy atom. The van der Waals surface area contributed by atoms with Gasteiger partial charge in [0.1, 0.15) is 0 Å². The van der Waals surface area contributed by atoms with Crippen LogP contribution in [-0.4, -0.2) is 44.3 Å². The first-order valence-electron chi connectivity index (χ1n) is 5.98. The normalized spacial score (nSPS) is 18.5. The van der Waals surface area contributed by atoms with Crippen molar-refractivity contribution in [2.75, 3.05) is 39.4 Å². The molecule has 0 radical (unpaired) electrons. The second kappa shape index (κ2) is 7.01. The lowest BCUT2D eigenvalue weighted by atomic mass is 10.4. The summed E-state index contributed by atoms with van der Waals surface area (Å²) in [4.78, 5) is 3.90. The van der Waals surface area contributed by atoms with Crippen LogP contribution in [0.25, 0.3) is 0 Å². The van der Waals surface area contributed by atoms with E-state index in [1.54, 1.807) is 0 Å². The minimum atomic E-state index is 0.894. The van der Waals surface area contributed by atoms with Gasteiger partial charge in [-0.25, -0.2) is 0 Å². The van der Waals surface area contributed by atoms with Crippen LogP contribution >= 0.6 is 11.3 Å². The van der Waals surface area contributed by atoms with E-state index in [1.165, 1.54) is 17.8 Å². The predicted octanol–water partition coefficient (Wildman–Crippen LogP) is 1.56. The first-order chi connectivity index (χ1) is 7.95. The van der Waals surface area contributed by atoms with Crippen molar-refractivity contribution in [3.63, 3.8) is 0 Å². The van der Waals surface area contributed by atoms with Crippen molar-refractivity contribution in [3.8, 4) is 0 Å². The number of rotatable bonds is 5.